The van der Waals surface area contributed by atoms with Crippen molar-refractivity contribution < 1.29 is 14.3 Å². The van der Waals surface area contributed by atoms with Crippen LogP contribution >= 0.6 is 11.3 Å². The first-order valence-corrected chi connectivity index (χ1v) is 10.3. The smallest absolute Gasteiger partial charge is 0.262 e. The topological polar surface area (TPSA) is 91.2 Å². The van der Waals surface area contributed by atoms with Crippen molar-refractivity contribution in [2.24, 2.45) is 0 Å². The lowest BCUT2D eigenvalue weighted by Crippen LogP contribution is -2.47. The lowest BCUT2D eigenvalue weighted by Gasteiger charge is -2.18. The van der Waals surface area contributed by atoms with Crippen LogP contribution in [-0.4, -0.2) is 24.5 Å². The Morgan fingerprint density at radius 3 is 2.57 bits per heavy atom. The number of hydrogen-bond donors (Lipinski definition) is 2. The molecule has 1 atom stereocenters. The van der Waals surface area contributed by atoms with Crippen molar-refractivity contribution in [1.29, 1.82) is 5.26 Å². The number of nitrogens with zero attached hydrogens (tertiary/aromatic N) is 1. The van der Waals surface area contributed by atoms with Gasteiger partial charge in [0, 0.05) is 13.0 Å². The van der Waals surface area contributed by atoms with Crippen LogP contribution in [0.3, 0.4) is 0 Å². The van der Waals surface area contributed by atoms with E-state index in [1.54, 1.807) is 30.3 Å². The van der Waals surface area contributed by atoms with Gasteiger partial charge in [-0.25, -0.2) is 0 Å². The van der Waals surface area contributed by atoms with Crippen molar-refractivity contribution in [3.05, 3.63) is 88.1 Å². The first-order chi connectivity index (χ1) is 14.7. The second kappa shape index (κ2) is 10.8. The number of benzene rings is 2. The number of nitriles is 1. The molecular formula is C23H21N3O3S. The van der Waals surface area contributed by atoms with Gasteiger partial charge in [-0.3, -0.25) is 9.59 Å². The maximum atomic E-state index is 12.9. The van der Waals surface area contributed by atoms with Crippen LogP contribution in [0.15, 0.2) is 72.1 Å². The van der Waals surface area contributed by atoms with E-state index in [0.29, 0.717) is 17.0 Å². The standard InChI is InChI=1S/C23H21N3O3S/c24-11-12-29-19-9-4-8-18(14-19)16-25-22(27)20(15-17-6-2-1-3-7-17)26-23(28)21-10-5-13-30-21/h1-10,13-14,20H,12,15-16H2,(H,25,27)(H,26,28). The molecule has 152 valence electrons. The summed E-state index contributed by atoms with van der Waals surface area (Å²) < 4.78 is 5.29. The third-order valence-electron chi connectivity index (χ3n) is 4.32. The lowest BCUT2D eigenvalue weighted by atomic mass is 10.0. The fourth-order valence-corrected chi connectivity index (χ4v) is 3.50. The number of thiophene rings is 1. The van der Waals surface area contributed by atoms with Crippen LogP contribution < -0.4 is 15.4 Å². The molecule has 0 bridgehead atoms. The number of hydrogen-bond acceptors (Lipinski definition) is 5. The van der Waals surface area contributed by atoms with Crippen molar-refractivity contribution in [1.82, 2.24) is 10.6 Å². The summed E-state index contributed by atoms with van der Waals surface area (Å²) >= 11 is 1.33. The molecule has 0 radical (unpaired) electrons. The Morgan fingerprint density at radius 1 is 1.03 bits per heavy atom. The number of nitrogens with one attached hydrogen (secondary N) is 2. The molecule has 0 fully saturated rings. The predicted octanol–water partition coefficient (Wildman–Crippen LogP) is 3.31. The van der Waals surface area contributed by atoms with Crippen LogP contribution in [0.5, 0.6) is 5.75 Å². The van der Waals surface area contributed by atoms with E-state index in [1.807, 2.05) is 47.8 Å². The Balaban J connectivity index is 1.66. The molecule has 2 aromatic carbocycles. The summed E-state index contributed by atoms with van der Waals surface area (Å²) in [6.07, 6.45) is 0.384. The SMILES string of the molecule is N#CCOc1cccc(CNC(=O)C(Cc2ccccc2)NC(=O)c2cccs2)c1. The van der Waals surface area contributed by atoms with Crippen LogP contribution in [0.2, 0.25) is 0 Å². The Kier molecular flexibility index (Phi) is 7.58. The van der Waals surface area contributed by atoms with Crippen molar-refractivity contribution >= 4 is 23.2 Å². The molecule has 1 aromatic heterocycles. The molecular weight excluding hydrogens is 398 g/mol. The summed E-state index contributed by atoms with van der Waals surface area (Å²) in [6, 6.07) is 21.5. The molecule has 0 aliphatic carbocycles. The van der Waals surface area contributed by atoms with Gasteiger partial charge in [0.25, 0.3) is 5.91 Å². The van der Waals surface area contributed by atoms with E-state index in [4.69, 9.17) is 10.00 Å². The van der Waals surface area contributed by atoms with Gasteiger partial charge in [-0.15, -0.1) is 11.3 Å². The van der Waals surface area contributed by atoms with E-state index in [9.17, 15) is 9.59 Å². The fourth-order valence-electron chi connectivity index (χ4n) is 2.87. The number of carbonyl (C=O) groups is 2. The molecule has 0 spiro atoms. The van der Waals surface area contributed by atoms with Crippen LogP contribution in [0, 0.1) is 11.3 Å². The highest BCUT2D eigenvalue weighted by Crippen LogP contribution is 2.14. The van der Waals surface area contributed by atoms with Crippen LogP contribution in [-0.2, 0) is 17.8 Å². The summed E-state index contributed by atoms with van der Waals surface area (Å²) in [5, 5.41) is 16.2. The zero-order valence-corrected chi connectivity index (χ0v) is 17.0. The average Bonchev–Trinajstić information content (AvgIpc) is 3.32. The Bertz CT molecular complexity index is 1010. The van der Waals surface area contributed by atoms with Gasteiger partial charge in [0.1, 0.15) is 17.9 Å². The Labute approximate surface area is 179 Å². The summed E-state index contributed by atoms with van der Waals surface area (Å²) in [7, 11) is 0. The molecule has 0 aliphatic rings. The van der Waals surface area contributed by atoms with Crippen molar-refractivity contribution in [3.63, 3.8) is 0 Å². The zero-order valence-electron chi connectivity index (χ0n) is 16.2. The second-order valence-electron chi connectivity index (χ2n) is 6.51. The predicted molar refractivity (Wildman–Crippen MR) is 115 cm³/mol. The number of carbonyl (C=O) groups excluding carboxylic acids is 2. The first kappa shape index (κ1) is 21.1. The lowest BCUT2D eigenvalue weighted by molar-refractivity contribution is -0.123. The molecule has 0 aliphatic heterocycles. The normalized spacial score (nSPS) is 11.2. The quantitative estimate of drug-likeness (QED) is 0.557. The van der Waals surface area contributed by atoms with Gasteiger partial charge in [-0.2, -0.15) is 5.26 Å². The highest BCUT2D eigenvalue weighted by molar-refractivity contribution is 7.12. The summed E-state index contributed by atoms with van der Waals surface area (Å²) in [6.45, 7) is 0.243. The van der Waals surface area contributed by atoms with Gasteiger partial charge < -0.3 is 15.4 Å². The summed E-state index contributed by atoms with van der Waals surface area (Å²) in [5.74, 6) is 0.0234. The molecule has 1 heterocycles. The molecule has 0 saturated heterocycles. The number of rotatable bonds is 9. The molecule has 7 heteroatoms. The largest absolute Gasteiger partial charge is 0.479 e. The van der Waals surface area contributed by atoms with E-state index in [0.717, 1.165) is 11.1 Å². The van der Waals surface area contributed by atoms with E-state index in [2.05, 4.69) is 10.6 Å². The van der Waals surface area contributed by atoms with Crippen molar-refractivity contribution in [3.8, 4) is 11.8 Å². The summed E-state index contributed by atoms with van der Waals surface area (Å²) in [4.78, 5) is 26.0. The molecule has 3 rings (SSSR count). The third kappa shape index (κ3) is 6.19. The highest BCUT2D eigenvalue weighted by atomic mass is 32.1. The molecule has 1 unspecified atom stereocenters. The first-order valence-electron chi connectivity index (χ1n) is 9.40. The van der Waals surface area contributed by atoms with Crippen molar-refractivity contribution in [2.75, 3.05) is 6.61 Å². The highest BCUT2D eigenvalue weighted by Gasteiger charge is 2.22. The Hall–Kier alpha value is -3.63. The maximum absolute atomic E-state index is 12.9. The maximum Gasteiger partial charge on any atom is 0.262 e. The molecule has 2 amide bonds. The van der Waals surface area contributed by atoms with E-state index < -0.39 is 6.04 Å². The van der Waals surface area contributed by atoms with Crippen LogP contribution in [0.25, 0.3) is 0 Å². The zero-order chi connectivity index (χ0) is 21.2. The number of amides is 2. The molecule has 6 nitrogen and oxygen atoms in total. The monoisotopic (exact) mass is 419 g/mol. The van der Waals surface area contributed by atoms with Crippen LogP contribution in [0.1, 0.15) is 20.8 Å². The van der Waals surface area contributed by atoms with Gasteiger partial charge in [0.15, 0.2) is 6.61 Å². The van der Waals surface area contributed by atoms with E-state index >= 15 is 0 Å². The summed E-state index contributed by atoms with van der Waals surface area (Å²) in [5.41, 5.74) is 1.79. The fraction of sp³-hybridized carbons (Fsp3) is 0.174. The van der Waals surface area contributed by atoms with Gasteiger partial charge in [-0.05, 0) is 34.7 Å². The van der Waals surface area contributed by atoms with Gasteiger partial charge in [0.2, 0.25) is 5.91 Å². The second-order valence-corrected chi connectivity index (χ2v) is 7.45. The Morgan fingerprint density at radius 2 is 1.83 bits per heavy atom. The minimum Gasteiger partial charge on any atom is -0.479 e. The van der Waals surface area contributed by atoms with Gasteiger partial charge >= 0.3 is 0 Å². The molecule has 30 heavy (non-hydrogen) atoms. The van der Waals surface area contributed by atoms with E-state index in [1.165, 1.54) is 11.3 Å². The van der Waals surface area contributed by atoms with Gasteiger partial charge in [-0.1, -0.05) is 48.5 Å². The minimum absolute atomic E-state index is 0.0380. The molecule has 0 saturated carbocycles. The van der Waals surface area contributed by atoms with E-state index in [-0.39, 0.29) is 25.0 Å². The average molecular weight is 420 g/mol. The van der Waals surface area contributed by atoms with Crippen LogP contribution in [0.4, 0.5) is 0 Å². The van der Waals surface area contributed by atoms with Gasteiger partial charge in [0.05, 0.1) is 4.88 Å². The third-order valence-corrected chi connectivity index (χ3v) is 5.19. The minimum atomic E-state index is -0.708. The molecule has 2 N–H and O–H groups in total. The number of ether oxygens (including phenoxy) is 1. The molecule has 3 aromatic rings. The van der Waals surface area contributed by atoms with Crippen molar-refractivity contribution in [2.45, 2.75) is 19.0 Å².